The third kappa shape index (κ3) is 3.53. The highest BCUT2D eigenvalue weighted by atomic mass is 35.5. The molecule has 3 aromatic carbocycles. The van der Waals surface area contributed by atoms with E-state index in [1.807, 2.05) is 18.2 Å². The number of hydrogen-bond acceptors (Lipinski definition) is 4. The monoisotopic (exact) mass is 374 g/mol. The van der Waals surface area contributed by atoms with E-state index in [0.717, 1.165) is 17.3 Å². The molecule has 1 aliphatic rings. The first-order valence-corrected chi connectivity index (χ1v) is 8.67. The minimum Gasteiger partial charge on any atom is -0.508 e. The van der Waals surface area contributed by atoms with Crippen LogP contribution in [0.2, 0.25) is 10.0 Å². The first kappa shape index (κ1) is 16.5. The maximum atomic E-state index is 9.79. The maximum Gasteiger partial charge on any atom is 0.170 e. The molecule has 0 saturated carbocycles. The number of anilines is 1. The lowest BCUT2D eigenvalue weighted by Gasteiger charge is -2.12. The highest BCUT2D eigenvalue weighted by molar-refractivity contribution is 6.41. The van der Waals surface area contributed by atoms with Gasteiger partial charge in [-0.25, -0.2) is 0 Å². The van der Waals surface area contributed by atoms with Gasteiger partial charge in [0.1, 0.15) is 5.75 Å². The van der Waals surface area contributed by atoms with E-state index < -0.39 is 0 Å². The number of benzene rings is 3. The molecule has 1 saturated heterocycles. The Kier molecular flexibility index (Phi) is 4.44. The molecule has 4 rings (SSSR count). The van der Waals surface area contributed by atoms with Crippen molar-refractivity contribution in [1.82, 2.24) is 5.32 Å². The molecule has 128 valence electrons. The van der Waals surface area contributed by atoms with Crippen LogP contribution in [0.3, 0.4) is 0 Å². The Morgan fingerprint density at radius 2 is 1.72 bits per heavy atom. The second-order valence-electron chi connectivity index (χ2n) is 5.93. The number of ether oxygens (including phenoxy) is 1. The molecule has 0 spiro atoms. The van der Waals surface area contributed by atoms with Crippen LogP contribution >= 0.6 is 23.2 Å². The lowest BCUT2D eigenvalue weighted by Crippen LogP contribution is -2.22. The van der Waals surface area contributed by atoms with Gasteiger partial charge in [0.2, 0.25) is 0 Å². The number of rotatable bonds is 5. The molecule has 0 aromatic heterocycles. The molecule has 2 unspecified atom stereocenters. The van der Waals surface area contributed by atoms with Gasteiger partial charge in [-0.3, -0.25) is 5.32 Å². The molecule has 0 aliphatic carbocycles. The average molecular weight is 375 g/mol. The van der Waals surface area contributed by atoms with Crippen LogP contribution in [0.25, 0.3) is 10.8 Å². The summed E-state index contributed by atoms with van der Waals surface area (Å²) in [5, 5.41) is 19.0. The van der Waals surface area contributed by atoms with Crippen molar-refractivity contribution in [3.8, 4) is 5.75 Å². The normalized spacial score (nSPS) is 19.1. The molecule has 0 amide bonds. The van der Waals surface area contributed by atoms with Gasteiger partial charge in [-0.15, -0.1) is 0 Å². The Morgan fingerprint density at radius 1 is 0.920 bits per heavy atom. The molecule has 3 N–H and O–H groups in total. The molecule has 6 heteroatoms. The molecule has 0 radical (unpaired) electrons. The van der Waals surface area contributed by atoms with Crippen molar-refractivity contribution in [2.45, 2.75) is 19.0 Å². The zero-order chi connectivity index (χ0) is 17.4. The summed E-state index contributed by atoms with van der Waals surface area (Å²) >= 11 is 12.6. The van der Waals surface area contributed by atoms with Crippen molar-refractivity contribution in [3.63, 3.8) is 0 Å². The quantitative estimate of drug-likeness (QED) is 0.564. The van der Waals surface area contributed by atoms with Crippen LogP contribution < -0.4 is 10.6 Å². The number of fused-ring (bicyclic) bond motifs is 1. The number of aromatic hydroxyl groups is 1. The molecule has 3 aromatic rings. The summed E-state index contributed by atoms with van der Waals surface area (Å²) < 4.78 is 5.63. The van der Waals surface area contributed by atoms with Gasteiger partial charge < -0.3 is 15.2 Å². The average Bonchev–Trinajstić information content (AvgIpc) is 3.35. The fraction of sp³-hybridized carbons (Fsp3) is 0.158. The zero-order valence-electron chi connectivity index (χ0n) is 13.2. The van der Waals surface area contributed by atoms with Crippen LogP contribution in [-0.4, -0.2) is 17.6 Å². The van der Waals surface area contributed by atoms with E-state index in [4.69, 9.17) is 27.9 Å². The van der Waals surface area contributed by atoms with Crippen LogP contribution in [-0.2, 0) is 11.3 Å². The molecular weight excluding hydrogens is 359 g/mol. The van der Waals surface area contributed by atoms with Crippen LogP contribution in [0.15, 0.2) is 54.6 Å². The Morgan fingerprint density at radius 3 is 2.52 bits per heavy atom. The Labute approximate surface area is 155 Å². The fourth-order valence-corrected chi connectivity index (χ4v) is 3.41. The topological polar surface area (TPSA) is 56.8 Å². The third-order valence-electron chi connectivity index (χ3n) is 4.15. The smallest absolute Gasteiger partial charge is 0.170 e. The highest BCUT2D eigenvalue weighted by Crippen LogP contribution is 2.39. The first-order valence-electron chi connectivity index (χ1n) is 7.92. The van der Waals surface area contributed by atoms with Crippen molar-refractivity contribution in [1.29, 1.82) is 0 Å². The molecule has 1 heterocycles. The Hall–Kier alpha value is -1.98. The second kappa shape index (κ2) is 6.73. The lowest BCUT2D eigenvalue weighted by atomic mass is 10.1. The number of nitrogens with one attached hydrogen (secondary N) is 2. The molecule has 1 fully saturated rings. The van der Waals surface area contributed by atoms with E-state index in [1.54, 1.807) is 24.3 Å². The largest absolute Gasteiger partial charge is 0.508 e. The summed E-state index contributed by atoms with van der Waals surface area (Å²) in [6.45, 7) is 0.722. The van der Waals surface area contributed by atoms with Crippen molar-refractivity contribution in [3.05, 3.63) is 70.2 Å². The minimum atomic E-state index is -0.187. The van der Waals surface area contributed by atoms with Crippen LogP contribution in [0.1, 0.15) is 5.56 Å². The molecular formula is C19H16Cl2N2O2. The van der Waals surface area contributed by atoms with Gasteiger partial charge in [0.15, 0.2) is 12.5 Å². The standard InChI is InChI=1S/C19H16Cl2N2O2/c20-15-9-16(21)17(14-8-12(24)6-7-13(14)15)23-19-18(25-19)22-10-11-4-2-1-3-5-11/h1-9,18-19,22-24H,10H2. The van der Waals surface area contributed by atoms with Gasteiger partial charge in [-0.05, 0) is 29.8 Å². The summed E-state index contributed by atoms with van der Waals surface area (Å²) in [6, 6.07) is 16.8. The maximum absolute atomic E-state index is 9.79. The highest BCUT2D eigenvalue weighted by Gasteiger charge is 2.39. The summed E-state index contributed by atoms with van der Waals surface area (Å²) in [5.74, 6) is 0.157. The van der Waals surface area contributed by atoms with E-state index in [2.05, 4.69) is 22.8 Å². The molecule has 4 nitrogen and oxygen atoms in total. The second-order valence-corrected chi connectivity index (χ2v) is 6.75. The molecule has 2 atom stereocenters. The Bertz CT molecular complexity index is 918. The predicted octanol–water partition coefficient (Wildman–Crippen LogP) is 4.74. The van der Waals surface area contributed by atoms with Crippen molar-refractivity contribution < 1.29 is 9.84 Å². The zero-order valence-corrected chi connectivity index (χ0v) is 14.7. The summed E-state index contributed by atoms with van der Waals surface area (Å²) in [6.07, 6.45) is -0.285. The van der Waals surface area contributed by atoms with Gasteiger partial charge in [0.25, 0.3) is 0 Å². The van der Waals surface area contributed by atoms with Gasteiger partial charge >= 0.3 is 0 Å². The molecule has 1 aliphatic heterocycles. The summed E-state index contributed by atoms with van der Waals surface area (Å²) in [7, 11) is 0. The summed E-state index contributed by atoms with van der Waals surface area (Å²) in [4.78, 5) is 0. The number of phenolic OH excluding ortho intramolecular Hbond substituents is 1. The van der Waals surface area contributed by atoms with Crippen molar-refractivity contribution in [2.24, 2.45) is 0 Å². The van der Waals surface area contributed by atoms with Crippen molar-refractivity contribution >= 4 is 39.7 Å². The van der Waals surface area contributed by atoms with E-state index in [1.165, 1.54) is 5.56 Å². The Balaban J connectivity index is 1.49. The van der Waals surface area contributed by atoms with E-state index >= 15 is 0 Å². The number of epoxide rings is 1. The van der Waals surface area contributed by atoms with Crippen LogP contribution in [0, 0.1) is 0 Å². The minimum absolute atomic E-state index is 0.0979. The van der Waals surface area contributed by atoms with Crippen molar-refractivity contribution in [2.75, 3.05) is 5.32 Å². The number of halogens is 2. The fourth-order valence-electron chi connectivity index (χ4n) is 2.82. The van der Waals surface area contributed by atoms with Crippen LogP contribution in [0.4, 0.5) is 5.69 Å². The van der Waals surface area contributed by atoms with Gasteiger partial charge in [-0.2, -0.15) is 0 Å². The number of phenols is 1. The van der Waals surface area contributed by atoms with E-state index in [-0.39, 0.29) is 18.2 Å². The van der Waals surface area contributed by atoms with Crippen LogP contribution in [0.5, 0.6) is 5.75 Å². The van der Waals surface area contributed by atoms with Gasteiger partial charge in [-0.1, -0.05) is 53.5 Å². The predicted molar refractivity (Wildman–Crippen MR) is 101 cm³/mol. The van der Waals surface area contributed by atoms with Gasteiger partial charge in [0, 0.05) is 17.3 Å². The molecule has 25 heavy (non-hydrogen) atoms. The SMILES string of the molecule is Oc1ccc2c(Cl)cc(Cl)c(NC3OC3NCc3ccccc3)c2c1. The first-order chi connectivity index (χ1) is 12.1. The molecule has 0 bridgehead atoms. The van der Waals surface area contributed by atoms with Gasteiger partial charge in [0.05, 0.1) is 15.7 Å². The van der Waals surface area contributed by atoms with E-state index in [9.17, 15) is 5.11 Å². The lowest BCUT2D eigenvalue weighted by molar-refractivity contribution is 0.351. The summed E-state index contributed by atoms with van der Waals surface area (Å²) in [5.41, 5.74) is 1.89. The number of hydrogen-bond donors (Lipinski definition) is 3. The third-order valence-corrected chi connectivity index (χ3v) is 4.76. The van der Waals surface area contributed by atoms with E-state index in [0.29, 0.717) is 15.7 Å².